The molecule has 0 aromatic heterocycles. The Bertz CT molecular complexity index is 313. The van der Waals surface area contributed by atoms with E-state index >= 15 is 0 Å². The number of hydrogen-bond acceptors (Lipinski definition) is 1. The number of thioether (sulfide) groups is 1. The van der Waals surface area contributed by atoms with Crippen molar-refractivity contribution in [1.29, 1.82) is 0 Å². The molecule has 0 spiro atoms. The van der Waals surface area contributed by atoms with Crippen molar-refractivity contribution in [1.82, 2.24) is 0 Å². The maximum atomic E-state index is 5.94. The summed E-state index contributed by atoms with van der Waals surface area (Å²) in [6, 6.07) is 5.79. The fourth-order valence-electron chi connectivity index (χ4n) is 1.05. The molecule has 0 aliphatic carbocycles. The van der Waals surface area contributed by atoms with Gasteiger partial charge in [0.15, 0.2) is 0 Å². The van der Waals surface area contributed by atoms with Crippen molar-refractivity contribution >= 4 is 50.9 Å². The maximum Gasteiger partial charge on any atom is 0.0603 e. The average Bonchev–Trinajstić information content (AvgIpc) is 2.24. The van der Waals surface area contributed by atoms with Gasteiger partial charge in [0.1, 0.15) is 0 Å². The molecule has 1 aromatic rings. The van der Waals surface area contributed by atoms with E-state index in [1.54, 1.807) is 0 Å². The van der Waals surface area contributed by atoms with Gasteiger partial charge in [0.05, 0.1) is 10.0 Å². The third-order valence-corrected chi connectivity index (χ3v) is 5.05. The first-order chi connectivity index (χ1) is 7.17. The van der Waals surface area contributed by atoms with Crippen LogP contribution in [0.25, 0.3) is 0 Å². The monoisotopic (exact) mass is 326 g/mol. The summed E-state index contributed by atoms with van der Waals surface area (Å²) >= 11 is 17.1. The van der Waals surface area contributed by atoms with E-state index in [-0.39, 0.29) is 0 Å². The molecule has 15 heavy (non-hydrogen) atoms. The van der Waals surface area contributed by atoms with Crippen molar-refractivity contribution in [3.05, 3.63) is 28.2 Å². The molecule has 0 saturated heterocycles. The Morgan fingerprint density at radius 2 is 2.07 bits per heavy atom. The lowest BCUT2D eigenvalue weighted by Crippen LogP contribution is -2.02. The van der Waals surface area contributed by atoms with Crippen LogP contribution in [-0.4, -0.2) is 11.1 Å². The van der Waals surface area contributed by atoms with Gasteiger partial charge in [-0.3, -0.25) is 0 Å². The lowest BCUT2D eigenvalue weighted by atomic mass is 10.2. The normalized spacial score (nSPS) is 12.8. The largest absolute Gasteiger partial charge is 0.126 e. The highest BCUT2D eigenvalue weighted by atomic mass is 79.9. The van der Waals surface area contributed by atoms with E-state index in [2.05, 4.69) is 22.9 Å². The van der Waals surface area contributed by atoms with Crippen LogP contribution in [0.1, 0.15) is 13.3 Å². The van der Waals surface area contributed by atoms with Gasteiger partial charge in [-0.05, 0) is 24.1 Å². The minimum absolute atomic E-state index is 0.619. The molecule has 1 unspecified atom stereocenters. The Hall–Kier alpha value is 0.630. The molecule has 1 rings (SSSR count). The van der Waals surface area contributed by atoms with Crippen LogP contribution >= 0.6 is 50.9 Å². The van der Waals surface area contributed by atoms with Crippen LogP contribution in [-0.2, 0) is 0 Å². The van der Waals surface area contributed by atoms with Crippen LogP contribution < -0.4 is 0 Å². The van der Waals surface area contributed by atoms with Gasteiger partial charge in [-0.15, -0.1) is 11.8 Å². The second-order valence-corrected chi connectivity index (χ2v) is 5.87. The van der Waals surface area contributed by atoms with Gasteiger partial charge in [-0.1, -0.05) is 52.5 Å². The van der Waals surface area contributed by atoms with Crippen LogP contribution in [0.15, 0.2) is 23.1 Å². The van der Waals surface area contributed by atoms with Gasteiger partial charge in [-0.2, -0.15) is 0 Å². The molecule has 0 bridgehead atoms. The van der Waals surface area contributed by atoms with E-state index in [0.29, 0.717) is 16.0 Å². The predicted octanol–water partition coefficient (Wildman–Crippen LogP) is 5.51. The van der Waals surface area contributed by atoms with E-state index in [1.807, 2.05) is 30.0 Å². The summed E-state index contributed by atoms with van der Waals surface area (Å²) in [6.07, 6.45) is 1.19. The molecular formula is C11H13BrCl2S. The lowest BCUT2D eigenvalue weighted by Gasteiger charge is -2.10. The number of alkyl halides is 1. The summed E-state index contributed by atoms with van der Waals surface area (Å²) in [5.41, 5.74) is 0. The molecule has 4 heteroatoms. The van der Waals surface area contributed by atoms with Gasteiger partial charge >= 0.3 is 0 Å². The summed E-state index contributed by atoms with van der Waals surface area (Å²) in [5.74, 6) is 1.82. The van der Waals surface area contributed by atoms with Crippen molar-refractivity contribution in [2.24, 2.45) is 5.92 Å². The summed E-state index contributed by atoms with van der Waals surface area (Å²) in [6.45, 7) is 2.21. The second-order valence-electron chi connectivity index (χ2n) is 3.32. The first-order valence-electron chi connectivity index (χ1n) is 4.81. The molecule has 0 aliphatic heterocycles. The molecule has 0 N–H and O–H groups in total. The van der Waals surface area contributed by atoms with Crippen LogP contribution in [0.5, 0.6) is 0 Å². The van der Waals surface area contributed by atoms with Gasteiger partial charge in [-0.25, -0.2) is 0 Å². The molecule has 84 valence electrons. The smallest absolute Gasteiger partial charge is 0.0603 e. The van der Waals surface area contributed by atoms with Crippen LogP contribution in [0.4, 0.5) is 0 Å². The highest BCUT2D eigenvalue weighted by molar-refractivity contribution is 9.09. The van der Waals surface area contributed by atoms with Crippen LogP contribution in [0.3, 0.4) is 0 Å². The molecule has 1 aromatic carbocycles. The van der Waals surface area contributed by atoms with E-state index < -0.39 is 0 Å². The van der Waals surface area contributed by atoms with E-state index in [9.17, 15) is 0 Å². The SMILES string of the molecule is CCC(CBr)CSc1ccc(Cl)c(Cl)c1. The zero-order chi connectivity index (χ0) is 11.3. The Labute approximate surface area is 114 Å². The Kier molecular flexibility index (Phi) is 6.44. The maximum absolute atomic E-state index is 5.94. The zero-order valence-electron chi connectivity index (χ0n) is 8.47. The molecule has 0 aliphatic rings. The summed E-state index contributed by atoms with van der Waals surface area (Å²) < 4.78 is 0. The van der Waals surface area contributed by atoms with Crippen molar-refractivity contribution in [2.75, 3.05) is 11.1 Å². The van der Waals surface area contributed by atoms with E-state index in [4.69, 9.17) is 23.2 Å². The Morgan fingerprint density at radius 1 is 1.33 bits per heavy atom. The number of benzene rings is 1. The second kappa shape index (κ2) is 7.05. The van der Waals surface area contributed by atoms with Crippen molar-refractivity contribution in [3.8, 4) is 0 Å². The van der Waals surface area contributed by atoms with Crippen molar-refractivity contribution in [3.63, 3.8) is 0 Å². The number of hydrogen-bond donors (Lipinski definition) is 0. The number of rotatable bonds is 5. The topological polar surface area (TPSA) is 0 Å². The molecule has 0 fully saturated rings. The van der Waals surface area contributed by atoms with Gasteiger partial charge in [0.25, 0.3) is 0 Å². The Balaban J connectivity index is 2.54. The number of halogens is 3. The summed E-state index contributed by atoms with van der Waals surface area (Å²) in [5, 5.41) is 2.31. The fraction of sp³-hybridized carbons (Fsp3) is 0.455. The zero-order valence-corrected chi connectivity index (χ0v) is 12.4. The van der Waals surface area contributed by atoms with Gasteiger partial charge in [0.2, 0.25) is 0 Å². The minimum Gasteiger partial charge on any atom is -0.126 e. The molecule has 0 amide bonds. The first-order valence-corrected chi connectivity index (χ1v) is 7.67. The highest BCUT2D eigenvalue weighted by Gasteiger charge is 2.06. The summed E-state index contributed by atoms with van der Waals surface area (Å²) in [7, 11) is 0. The van der Waals surface area contributed by atoms with Crippen molar-refractivity contribution < 1.29 is 0 Å². The highest BCUT2D eigenvalue weighted by Crippen LogP contribution is 2.29. The van der Waals surface area contributed by atoms with Crippen LogP contribution in [0.2, 0.25) is 10.0 Å². The first kappa shape index (κ1) is 13.7. The quantitative estimate of drug-likeness (QED) is 0.507. The summed E-state index contributed by atoms with van der Waals surface area (Å²) in [4.78, 5) is 1.18. The molecule has 0 radical (unpaired) electrons. The molecule has 0 heterocycles. The lowest BCUT2D eigenvalue weighted by molar-refractivity contribution is 0.652. The molecule has 0 nitrogen and oxygen atoms in total. The third-order valence-electron chi connectivity index (χ3n) is 2.17. The Morgan fingerprint density at radius 3 is 2.60 bits per heavy atom. The van der Waals surface area contributed by atoms with Gasteiger partial charge in [0, 0.05) is 16.0 Å². The van der Waals surface area contributed by atoms with E-state index in [0.717, 1.165) is 11.1 Å². The predicted molar refractivity (Wildman–Crippen MR) is 74.8 cm³/mol. The minimum atomic E-state index is 0.619. The molecule has 1 atom stereocenters. The third kappa shape index (κ3) is 4.56. The van der Waals surface area contributed by atoms with E-state index in [1.165, 1.54) is 11.3 Å². The molecule has 0 saturated carbocycles. The van der Waals surface area contributed by atoms with Crippen molar-refractivity contribution in [2.45, 2.75) is 18.2 Å². The average molecular weight is 328 g/mol. The van der Waals surface area contributed by atoms with Gasteiger partial charge < -0.3 is 0 Å². The van der Waals surface area contributed by atoms with Crippen LogP contribution in [0, 0.1) is 5.92 Å². The standard InChI is InChI=1S/C11H13BrCl2S/c1-2-8(6-12)7-15-9-3-4-10(13)11(14)5-9/h3-5,8H,2,6-7H2,1H3. The fourth-order valence-corrected chi connectivity index (χ4v) is 3.55. The molecular weight excluding hydrogens is 315 g/mol.